The number of hydrogen-bond acceptors (Lipinski definition) is 3. The van der Waals surface area contributed by atoms with Crippen molar-refractivity contribution in [2.45, 2.75) is 58.9 Å². The van der Waals surface area contributed by atoms with Crippen LogP contribution in [0.2, 0.25) is 0 Å². The van der Waals surface area contributed by atoms with E-state index in [1.807, 2.05) is 18.2 Å². The molecule has 1 aromatic carbocycles. The molecule has 0 aliphatic rings. The molecule has 0 radical (unpaired) electrons. The predicted molar refractivity (Wildman–Crippen MR) is 93.3 cm³/mol. The quantitative estimate of drug-likeness (QED) is 0.725. The Morgan fingerprint density at radius 2 is 1.70 bits per heavy atom. The van der Waals surface area contributed by atoms with E-state index in [0.717, 1.165) is 12.0 Å². The molecular weight excluding hydrogens is 312 g/mol. The van der Waals surface area contributed by atoms with E-state index in [4.69, 9.17) is 0 Å². The fraction of sp³-hybridized carbons (Fsp3) is 0.588. The van der Waals surface area contributed by atoms with Crippen LogP contribution in [0.5, 0.6) is 0 Å². The fourth-order valence-electron chi connectivity index (χ4n) is 2.18. The number of benzene rings is 1. The number of rotatable bonds is 9. The number of hydrogen-bond donors (Lipinski definition) is 2. The van der Waals surface area contributed by atoms with Gasteiger partial charge in [0, 0.05) is 19.0 Å². The van der Waals surface area contributed by atoms with Crippen molar-refractivity contribution in [1.29, 1.82) is 0 Å². The van der Waals surface area contributed by atoms with Gasteiger partial charge in [-0.25, -0.2) is 13.1 Å². The van der Waals surface area contributed by atoms with Gasteiger partial charge in [0.1, 0.15) is 0 Å². The largest absolute Gasteiger partial charge is 0.352 e. The van der Waals surface area contributed by atoms with Gasteiger partial charge in [-0.05, 0) is 37.3 Å². The zero-order chi connectivity index (χ0) is 17.5. The number of carbonyl (C=O) groups is 1. The highest BCUT2D eigenvalue weighted by molar-refractivity contribution is 7.88. The van der Waals surface area contributed by atoms with Crippen molar-refractivity contribution in [1.82, 2.24) is 10.0 Å². The molecule has 1 amide bonds. The van der Waals surface area contributed by atoms with Crippen molar-refractivity contribution in [3.05, 3.63) is 35.4 Å². The molecule has 0 saturated heterocycles. The molecule has 0 unspecified atom stereocenters. The van der Waals surface area contributed by atoms with Crippen molar-refractivity contribution in [3.63, 3.8) is 0 Å². The van der Waals surface area contributed by atoms with Gasteiger partial charge in [0.2, 0.25) is 15.9 Å². The minimum atomic E-state index is -3.38. The number of carbonyl (C=O) groups excluding carboxylic acids is 1. The van der Waals surface area contributed by atoms with Crippen LogP contribution >= 0.6 is 0 Å². The summed E-state index contributed by atoms with van der Waals surface area (Å²) in [7, 11) is -3.38. The highest BCUT2D eigenvalue weighted by atomic mass is 32.2. The monoisotopic (exact) mass is 340 g/mol. The van der Waals surface area contributed by atoms with E-state index in [1.165, 1.54) is 0 Å². The van der Waals surface area contributed by atoms with Gasteiger partial charge in [-0.2, -0.15) is 0 Å². The van der Waals surface area contributed by atoms with E-state index in [9.17, 15) is 13.2 Å². The van der Waals surface area contributed by atoms with Gasteiger partial charge >= 0.3 is 0 Å². The molecule has 23 heavy (non-hydrogen) atoms. The second-order valence-electron chi connectivity index (χ2n) is 6.51. The van der Waals surface area contributed by atoms with Crippen LogP contribution in [0.1, 0.15) is 51.7 Å². The van der Waals surface area contributed by atoms with Gasteiger partial charge in [-0.1, -0.05) is 38.1 Å². The van der Waals surface area contributed by atoms with Crippen LogP contribution in [-0.4, -0.2) is 20.4 Å². The summed E-state index contributed by atoms with van der Waals surface area (Å²) in [4.78, 5) is 11.8. The van der Waals surface area contributed by atoms with E-state index < -0.39 is 10.0 Å². The SMILES string of the molecule is CC(C)CCC(=O)NCc1ccccc1CS(=O)(=O)NC(C)C. The standard InChI is InChI=1S/C17H28N2O3S/c1-13(2)9-10-17(20)18-11-15-7-5-6-8-16(15)12-23(21,22)19-14(3)4/h5-8,13-14,19H,9-12H2,1-4H3,(H,18,20). The first-order valence-electron chi connectivity index (χ1n) is 8.03. The van der Waals surface area contributed by atoms with Crippen molar-refractivity contribution >= 4 is 15.9 Å². The lowest BCUT2D eigenvalue weighted by Gasteiger charge is -2.13. The average Bonchev–Trinajstić information content (AvgIpc) is 2.42. The Labute approximate surface area is 139 Å². The van der Waals surface area contributed by atoms with Crippen LogP contribution in [0.25, 0.3) is 0 Å². The smallest absolute Gasteiger partial charge is 0.220 e. The highest BCUT2D eigenvalue weighted by Gasteiger charge is 2.15. The molecule has 0 aliphatic heterocycles. The molecule has 130 valence electrons. The molecule has 1 rings (SSSR count). The molecule has 1 aromatic rings. The Morgan fingerprint density at radius 3 is 2.26 bits per heavy atom. The fourth-order valence-corrected chi connectivity index (χ4v) is 3.67. The van der Waals surface area contributed by atoms with E-state index in [1.54, 1.807) is 19.9 Å². The molecule has 0 spiro atoms. The van der Waals surface area contributed by atoms with Gasteiger partial charge in [0.15, 0.2) is 0 Å². The second-order valence-corrected chi connectivity index (χ2v) is 8.26. The van der Waals surface area contributed by atoms with Crippen molar-refractivity contribution in [2.75, 3.05) is 0 Å². The Kier molecular flexibility index (Phi) is 7.72. The van der Waals surface area contributed by atoms with E-state index in [2.05, 4.69) is 23.9 Å². The molecule has 2 N–H and O–H groups in total. The Morgan fingerprint density at radius 1 is 1.09 bits per heavy atom. The van der Waals surface area contributed by atoms with Crippen LogP contribution in [0, 0.1) is 5.92 Å². The van der Waals surface area contributed by atoms with Gasteiger partial charge in [-0.15, -0.1) is 0 Å². The lowest BCUT2D eigenvalue weighted by molar-refractivity contribution is -0.121. The van der Waals surface area contributed by atoms with Crippen molar-refractivity contribution < 1.29 is 13.2 Å². The van der Waals surface area contributed by atoms with Crippen LogP contribution in [0.3, 0.4) is 0 Å². The van der Waals surface area contributed by atoms with Gasteiger partial charge < -0.3 is 5.32 Å². The normalized spacial score (nSPS) is 11.9. The van der Waals surface area contributed by atoms with Crippen LogP contribution < -0.4 is 10.0 Å². The van der Waals surface area contributed by atoms with Gasteiger partial charge in [-0.3, -0.25) is 4.79 Å². The molecule has 0 atom stereocenters. The summed E-state index contributed by atoms with van der Waals surface area (Å²) < 4.78 is 26.7. The van der Waals surface area contributed by atoms with Gasteiger partial charge in [0.05, 0.1) is 5.75 Å². The van der Waals surface area contributed by atoms with Crippen LogP contribution in [0.4, 0.5) is 0 Å². The first-order chi connectivity index (χ1) is 10.7. The summed E-state index contributed by atoms with van der Waals surface area (Å²) in [5.41, 5.74) is 1.55. The number of sulfonamides is 1. The Bertz CT molecular complexity index is 610. The first kappa shape index (κ1) is 19.6. The summed E-state index contributed by atoms with van der Waals surface area (Å²) in [5, 5.41) is 2.87. The number of nitrogens with one attached hydrogen (secondary N) is 2. The van der Waals surface area contributed by atoms with Crippen molar-refractivity contribution in [3.8, 4) is 0 Å². The zero-order valence-electron chi connectivity index (χ0n) is 14.4. The maximum Gasteiger partial charge on any atom is 0.220 e. The predicted octanol–water partition coefficient (Wildman–Crippen LogP) is 2.57. The minimum absolute atomic E-state index is 0.00309. The van der Waals surface area contributed by atoms with Crippen LogP contribution in [-0.2, 0) is 27.1 Å². The maximum absolute atomic E-state index is 12.1. The molecule has 0 fully saturated rings. The first-order valence-corrected chi connectivity index (χ1v) is 9.68. The number of amides is 1. The summed E-state index contributed by atoms with van der Waals surface area (Å²) in [6.45, 7) is 8.09. The summed E-state index contributed by atoms with van der Waals surface area (Å²) in [5.74, 6) is 0.403. The topological polar surface area (TPSA) is 75.3 Å². The maximum atomic E-state index is 12.1. The summed E-state index contributed by atoms with van der Waals surface area (Å²) >= 11 is 0. The van der Waals surface area contributed by atoms with E-state index in [-0.39, 0.29) is 17.7 Å². The third kappa shape index (κ3) is 8.13. The van der Waals surface area contributed by atoms with E-state index in [0.29, 0.717) is 24.4 Å². The third-order valence-electron chi connectivity index (χ3n) is 3.30. The molecule has 0 saturated carbocycles. The molecule has 0 aliphatic carbocycles. The van der Waals surface area contributed by atoms with Crippen molar-refractivity contribution in [2.24, 2.45) is 5.92 Å². The zero-order valence-corrected chi connectivity index (χ0v) is 15.2. The Hall–Kier alpha value is -1.40. The second kappa shape index (κ2) is 9.03. The molecule has 6 heteroatoms. The molecule has 0 bridgehead atoms. The third-order valence-corrected chi connectivity index (χ3v) is 4.83. The summed E-state index contributed by atoms with van der Waals surface area (Å²) in [6, 6.07) is 7.16. The minimum Gasteiger partial charge on any atom is -0.352 e. The Balaban J connectivity index is 2.69. The lowest BCUT2D eigenvalue weighted by Crippen LogP contribution is -2.31. The van der Waals surface area contributed by atoms with Crippen LogP contribution in [0.15, 0.2) is 24.3 Å². The molecular formula is C17H28N2O3S. The molecule has 0 heterocycles. The summed E-state index contributed by atoms with van der Waals surface area (Å²) in [6.07, 6.45) is 1.34. The highest BCUT2D eigenvalue weighted by Crippen LogP contribution is 2.13. The molecule has 5 nitrogen and oxygen atoms in total. The van der Waals surface area contributed by atoms with E-state index >= 15 is 0 Å². The molecule has 0 aromatic heterocycles. The average molecular weight is 340 g/mol. The lowest BCUT2D eigenvalue weighted by atomic mass is 10.1. The van der Waals surface area contributed by atoms with Gasteiger partial charge in [0.25, 0.3) is 0 Å².